The van der Waals surface area contributed by atoms with Gasteiger partial charge in [0.2, 0.25) is 0 Å². The maximum Gasteiger partial charge on any atom is 0.174 e. The summed E-state index contributed by atoms with van der Waals surface area (Å²) in [6, 6.07) is 2.94. The molecule has 0 amide bonds. The topological polar surface area (TPSA) is 51.8 Å². The van der Waals surface area contributed by atoms with Gasteiger partial charge in [0, 0.05) is 10.6 Å². The lowest BCUT2D eigenvalue weighted by atomic mass is 10.3. The molecule has 0 radical (unpaired) electrons. The predicted molar refractivity (Wildman–Crippen MR) is 67.3 cm³/mol. The summed E-state index contributed by atoms with van der Waals surface area (Å²) in [5.41, 5.74) is 6.12. The van der Waals surface area contributed by atoms with E-state index in [1.807, 2.05) is 6.92 Å². The molecule has 2 aromatic rings. The van der Waals surface area contributed by atoms with Crippen molar-refractivity contribution in [3.8, 4) is 0 Å². The molecule has 2 rings (SSSR count). The monoisotopic (exact) mass is 319 g/mol. The average molecular weight is 320 g/mol. The number of aryl methyl sites for hydroxylation is 1. The number of rotatable bonds is 2. The summed E-state index contributed by atoms with van der Waals surface area (Å²) < 4.78 is 18.4. The molecule has 0 saturated carbocycles. The predicted octanol–water partition coefficient (Wildman–Crippen LogP) is 3.48. The van der Waals surface area contributed by atoms with E-state index in [-0.39, 0.29) is 5.82 Å². The van der Waals surface area contributed by atoms with Gasteiger partial charge in [-0.25, -0.2) is 9.37 Å². The average Bonchev–Trinajstić information content (AvgIpc) is 2.60. The molecule has 0 spiro atoms. The van der Waals surface area contributed by atoms with Gasteiger partial charge >= 0.3 is 0 Å². The second-order valence-electron chi connectivity index (χ2n) is 3.01. The summed E-state index contributed by atoms with van der Waals surface area (Å²) in [6.07, 6.45) is 0. The number of nitrogen functional groups attached to an aromatic ring is 1. The largest absolute Gasteiger partial charge is 0.398 e. The van der Waals surface area contributed by atoms with Crippen molar-refractivity contribution in [1.29, 1.82) is 0 Å². The number of anilines is 1. The smallest absolute Gasteiger partial charge is 0.174 e. The van der Waals surface area contributed by atoms with Gasteiger partial charge in [-0.2, -0.15) is 4.37 Å². The minimum atomic E-state index is -0.365. The van der Waals surface area contributed by atoms with Gasteiger partial charge in [0.05, 0.1) is 4.47 Å². The maximum atomic E-state index is 13.1. The number of nitrogens with zero attached hydrogens (tertiary/aromatic N) is 2. The van der Waals surface area contributed by atoms with Crippen molar-refractivity contribution in [2.75, 3.05) is 5.73 Å². The van der Waals surface area contributed by atoms with Gasteiger partial charge in [0.1, 0.15) is 11.6 Å². The van der Waals surface area contributed by atoms with Crippen molar-refractivity contribution in [2.24, 2.45) is 0 Å². The zero-order valence-electron chi connectivity index (χ0n) is 8.20. The Morgan fingerprint density at radius 2 is 2.25 bits per heavy atom. The summed E-state index contributed by atoms with van der Waals surface area (Å²) in [5, 5.41) is 0. The summed E-state index contributed by atoms with van der Waals surface area (Å²) in [6.45, 7) is 1.82. The molecule has 0 atom stereocenters. The van der Waals surface area contributed by atoms with Gasteiger partial charge in [-0.1, -0.05) is 11.8 Å². The van der Waals surface area contributed by atoms with Crippen LogP contribution in [0.25, 0.3) is 0 Å². The van der Waals surface area contributed by atoms with E-state index >= 15 is 0 Å². The highest BCUT2D eigenvalue weighted by molar-refractivity contribution is 9.10. The van der Waals surface area contributed by atoms with Crippen molar-refractivity contribution < 1.29 is 4.39 Å². The van der Waals surface area contributed by atoms with Crippen molar-refractivity contribution >= 4 is 44.9 Å². The lowest BCUT2D eigenvalue weighted by Crippen LogP contribution is -1.91. The molecule has 0 aliphatic carbocycles. The molecule has 7 heteroatoms. The number of hydrogen-bond donors (Lipinski definition) is 1. The normalized spacial score (nSPS) is 10.7. The Morgan fingerprint density at radius 3 is 2.88 bits per heavy atom. The fourth-order valence-electron chi connectivity index (χ4n) is 1.05. The lowest BCUT2D eigenvalue weighted by Gasteiger charge is -2.04. The van der Waals surface area contributed by atoms with E-state index in [1.54, 1.807) is 6.07 Å². The lowest BCUT2D eigenvalue weighted by molar-refractivity contribution is 0.620. The summed E-state index contributed by atoms with van der Waals surface area (Å²) >= 11 is 5.80. The van der Waals surface area contributed by atoms with E-state index in [2.05, 4.69) is 25.3 Å². The second-order valence-corrected chi connectivity index (χ2v) is 5.91. The Balaban J connectivity index is 2.31. The Kier molecular flexibility index (Phi) is 3.46. The molecular weight excluding hydrogens is 313 g/mol. The molecule has 1 aromatic heterocycles. The molecule has 0 fully saturated rings. The Labute approximate surface area is 109 Å². The van der Waals surface area contributed by atoms with E-state index in [4.69, 9.17) is 5.73 Å². The van der Waals surface area contributed by atoms with E-state index in [9.17, 15) is 4.39 Å². The first kappa shape index (κ1) is 11.8. The molecule has 0 aliphatic heterocycles. The maximum absolute atomic E-state index is 13.1. The standard InChI is InChI=1S/C9H7BrFN3S2/c1-4-13-9(16-14-4)15-8-2-5(10)6(11)3-7(8)12/h2-3H,12H2,1H3. The van der Waals surface area contributed by atoms with Crippen LogP contribution < -0.4 is 5.73 Å². The zero-order valence-corrected chi connectivity index (χ0v) is 11.4. The first-order chi connectivity index (χ1) is 7.56. The Bertz CT molecular complexity index is 529. The second kappa shape index (κ2) is 4.68. The minimum absolute atomic E-state index is 0.365. The molecule has 1 heterocycles. The molecule has 16 heavy (non-hydrogen) atoms. The van der Waals surface area contributed by atoms with Crippen molar-refractivity contribution in [1.82, 2.24) is 9.36 Å². The SMILES string of the molecule is Cc1nsc(Sc2cc(Br)c(F)cc2N)n1. The van der Waals surface area contributed by atoms with Gasteiger partial charge in [0.25, 0.3) is 0 Å². The molecule has 0 aliphatic rings. The fraction of sp³-hybridized carbons (Fsp3) is 0.111. The van der Waals surface area contributed by atoms with Gasteiger partial charge in [-0.05, 0) is 46.5 Å². The van der Waals surface area contributed by atoms with E-state index < -0.39 is 0 Å². The molecular formula is C9H7BrFN3S2. The van der Waals surface area contributed by atoms with Gasteiger partial charge in [0.15, 0.2) is 4.34 Å². The summed E-state index contributed by atoms with van der Waals surface area (Å²) in [5.74, 6) is 0.363. The molecule has 0 saturated heterocycles. The quantitative estimate of drug-likeness (QED) is 0.861. The van der Waals surface area contributed by atoms with Crippen LogP contribution in [0.15, 0.2) is 25.8 Å². The van der Waals surface area contributed by atoms with Crippen LogP contribution in [-0.2, 0) is 0 Å². The highest BCUT2D eigenvalue weighted by atomic mass is 79.9. The van der Waals surface area contributed by atoms with Crippen LogP contribution in [0.4, 0.5) is 10.1 Å². The molecule has 2 N–H and O–H groups in total. The van der Waals surface area contributed by atoms with Crippen molar-refractivity contribution in [3.63, 3.8) is 0 Å². The first-order valence-corrected chi connectivity index (χ1v) is 6.67. The number of halogens is 2. The zero-order chi connectivity index (χ0) is 11.7. The van der Waals surface area contributed by atoms with Crippen LogP contribution in [0.3, 0.4) is 0 Å². The third kappa shape index (κ3) is 2.53. The van der Waals surface area contributed by atoms with Gasteiger partial charge < -0.3 is 5.73 Å². The third-order valence-electron chi connectivity index (χ3n) is 1.76. The summed E-state index contributed by atoms with van der Waals surface area (Å²) in [4.78, 5) is 4.97. The van der Waals surface area contributed by atoms with Crippen LogP contribution in [0, 0.1) is 12.7 Å². The van der Waals surface area contributed by atoms with E-state index in [0.717, 1.165) is 15.1 Å². The Hall–Kier alpha value is -0.660. The van der Waals surface area contributed by atoms with Crippen LogP contribution in [-0.4, -0.2) is 9.36 Å². The van der Waals surface area contributed by atoms with Crippen LogP contribution in [0.2, 0.25) is 0 Å². The number of nitrogens with two attached hydrogens (primary N) is 1. The van der Waals surface area contributed by atoms with Crippen molar-refractivity contribution in [3.05, 3.63) is 28.2 Å². The van der Waals surface area contributed by atoms with Crippen LogP contribution >= 0.6 is 39.2 Å². The number of aromatic nitrogens is 2. The number of benzene rings is 1. The number of hydrogen-bond acceptors (Lipinski definition) is 5. The molecule has 0 bridgehead atoms. The fourth-order valence-corrected chi connectivity index (χ4v) is 3.21. The third-order valence-corrected chi connectivity index (χ3v) is 4.28. The van der Waals surface area contributed by atoms with Crippen LogP contribution in [0.1, 0.15) is 5.82 Å². The summed E-state index contributed by atoms with van der Waals surface area (Å²) in [7, 11) is 0. The minimum Gasteiger partial charge on any atom is -0.398 e. The molecule has 0 unspecified atom stereocenters. The molecule has 1 aromatic carbocycles. The Morgan fingerprint density at radius 1 is 1.50 bits per heavy atom. The van der Waals surface area contributed by atoms with Gasteiger partial charge in [-0.15, -0.1) is 0 Å². The molecule has 3 nitrogen and oxygen atoms in total. The van der Waals surface area contributed by atoms with E-state index in [1.165, 1.54) is 29.4 Å². The molecule has 84 valence electrons. The highest BCUT2D eigenvalue weighted by Gasteiger charge is 2.09. The van der Waals surface area contributed by atoms with Gasteiger partial charge in [-0.3, -0.25) is 0 Å². The first-order valence-electron chi connectivity index (χ1n) is 4.29. The van der Waals surface area contributed by atoms with Crippen LogP contribution in [0.5, 0.6) is 0 Å². The van der Waals surface area contributed by atoms with Crippen molar-refractivity contribution in [2.45, 2.75) is 16.2 Å². The highest BCUT2D eigenvalue weighted by Crippen LogP contribution is 2.35. The van der Waals surface area contributed by atoms with E-state index in [0.29, 0.717) is 10.2 Å².